The number of aliphatic hydroxyl groups excluding tert-OH is 1. The number of rotatable bonds is 1. The molecule has 1 spiro atoms. The number of hydrogen-bond acceptors (Lipinski definition) is 4. The Hall–Kier alpha value is -1.18. The molecule has 2 fully saturated rings. The Morgan fingerprint density at radius 3 is 2.90 bits per heavy atom. The Labute approximate surface area is 123 Å². The average molecular weight is 314 g/mol. The van der Waals surface area contributed by atoms with Gasteiger partial charge in [0.05, 0.1) is 23.1 Å². The van der Waals surface area contributed by atoms with Crippen molar-refractivity contribution in [3.05, 3.63) is 30.1 Å². The maximum absolute atomic E-state index is 13.5. The topological polar surface area (TPSA) is 69.6 Å². The van der Waals surface area contributed by atoms with Crippen molar-refractivity contribution in [2.45, 2.75) is 37.5 Å². The van der Waals surface area contributed by atoms with E-state index >= 15 is 0 Å². The summed E-state index contributed by atoms with van der Waals surface area (Å²) >= 11 is 0. The Balaban J connectivity index is 2.13. The summed E-state index contributed by atoms with van der Waals surface area (Å²) in [7, 11) is -3.65. The number of halogens is 1. The monoisotopic (exact) mass is 314 g/mol. The van der Waals surface area contributed by atoms with Crippen LogP contribution in [0.4, 0.5) is 10.1 Å². The minimum Gasteiger partial charge on any atom is -0.389 e. The number of nitrogens with one attached hydrogen (secondary N) is 1. The average Bonchev–Trinajstić information content (AvgIpc) is 2.55. The summed E-state index contributed by atoms with van der Waals surface area (Å²) in [5.74, 6) is -0.794. The Bertz CT molecular complexity index is 651. The Morgan fingerprint density at radius 1 is 1.48 bits per heavy atom. The van der Waals surface area contributed by atoms with E-state index in [0.717, 1.165) is 0 Å². The van der Waals surface area contributed by atoms with Crippen LogP contribution in [-0.4, -0.2) is 43.5 Å². The van der Waals surface area contributed by atoms with Crippen molar-refractivity contribution >= 4 is 15.7 Å². The van der Waals surface area contributed by atoms with E-state index in [4.69, 9.17) is 0 Å². The van der Waals surface area contributed by atoms with E-state index < -0.39 is 27.5 Å². The molecule has 2 aliphatic rings. The smallest absolute Gasteiger partial charge is 0.238 e. The second-order valence-electron chi connectivity index (χ2n) is 5.95. The summed E-state index contributed by atoms with van der Waals surface area (Å²) in [6.07, 6.45) is 0.0494. The summed E-state index contributed by atoms with van der Waals surface area (Å²) < 4.78 is 39.7. The fraction of sp³-hybridized carbons (Fsp3) is 0.571. The van der Waals surface area contributed by atoms with E-state index in [1.54, 1.807) is 6.07 Å². The predicted octanol–water partition coefficient (Wildman–Crippen LogP) is 0.847. The highest BCUT2D eigenvalue weighted by Crippen LogP contribution is 2.43. The second kappa shape index (κ2) is 4.93. The van der Waals surface area contributed by atoms with E-state index in [1.807, 2.05) is 6.92 Å². The van der Waals surface area contributed by atoms with Gasteiger partial charge in [-0.1, -0.05) is 6.07 Å². The van der Waals surface area contributed by atoms with E-state index in [2.05, 4.69) is 5.32 Å². The summed E-state index contributed by atoms with van der Waals surface area (Å²) in [6, 6.07) is 5.65. The van der Waals surface area contributed by atoms with Crippen molar-refractivity contribution in [3.8, 4) is 0 Å². The van der Waals surface area contributed by atoms with Crippen molar-refractivity contribution in [1.29, 1.82) is 0 Å². The number of benzene rings is 1. The van der Waals surface area contributed by atoms with Gasteiger partial charge in [-0.25, -0.2) is 12.8 Å². The molecule has 1 aromatic rings. The standard InChI is InChI=1S/C14H19FN2O3S/c1-10-8-14(5-6-16-10)13(18)9-21(19,20)17(14)12-4-2-3-11(15)7-12/h2-4,7,10,13,16,18H,5-6,8-9H2,1H3/t10-,13?,14+/m0/s1. The van der Waals surface area contributed by atoms with Crippen LogP contribution < -0.4 is 9.62 Å². The molecule has 7 heteroatoms. The molecule has 0 saturated carbocycles. The molecule has 116 valence electrons. The van der Waals surface area contributed by atoms with Crippen LogP contribution in [0.1, 0.15) is 19.8 Å². The molecule has 0 aliphatic carbocycles. The first-order valence-electron chi connectivity index (χ1n) is 7.05. The normalized spacial score (nSPS) is 35.3. The van der Waals surface area contributed by atoms with E-state index in [-0.39, 0.29) is 11.8 Å². The van der Waals surface area contributed by atoms with Gasteiger partial charge in [0.1, 0.15) is 5.82 Å². The third-order valence-electron chi connectivity index (χ3n) is 4.42. The number of aliphatic hydroxyl groups is 1. The van der Waals surface area contributed by atoms with Gasteiger partial charge in [-0.15, -0.1) is 0 Å². The third-order valence-corrected chi connectivity index (χ3v) is 6.29. The van der Waals surface area contributed by atoms with Gasteiger partial charge in [0.2, 0.25) is 10.0 Å². The predicted molar refractivity (Wildman–Crippen MR) is 78.1 cm³/mol. The maximum Gasteiger partial charge on any atom is 0.238 e. The van der Waals surface area contributed by atoms with Crippen molar-refractivity contribution in [3.63, 3.8) is 0 Å². The van der Waals surface area contributed by atoms with Gasteiger partial charge < -0.3 is 10.4 Å². The van der Waals surface area contributed by atoms with E-state index in [0.29, 0.717) is 25.1 Å². The molecular weight excluding hydrogens is 295 g/mol. The lowest BCUT2D eigenvalue weighted by atomic mass is 9.80. The molecule has 3 atom stereocenters. The van der Waals surface area contributed by atoms with Crippen molar-refractivity contribution in [2.24, 2.45) is 0 Å². The molecule has 21 heavy (non-hydrogen) atoms. The van der Waals surface area contributed by atoms with Crippen molar-refractivity contribution in [2.75, 3.05) is 16.6 Å². The van der Waals surface area contributed by atoms with Gasteiger partial charge in [0.15, 0.2) is 0 Å². The summed E-state index contributed by atoms with van der Waals surface area (Å²) in [5.41, 5.74) is -0.585. The summed E-state index contributed by atoms with van der Waals surface area (Å²) in [5, 5.41) is 13.7. The molecule has 2 saturated heterocycles. The molecular formula is C14H19FN2O3S. The minimum atomic E-state index is -3.65. The highest BCUT2D eigenvalue weighted by atomic mass is 32.2. The first-order chi connectivity index (χ1) is 9.85. The Kier molecular flexibility index (Phi) is 3.46. The lowest BCUT2D eigenvalue weighted by Crippen LogP contribution is -2.59. The molecule has 0 amide bonds. The van der Waals surface area contributed by atoms with E-state index in [1.165, 1.54) is 22.5 Å². The molecule has 0 radical (unpaired) electrons. The zero-order valence-corrected chi connectivity index (χ0v) is 12.6. The third kappa shape index (κ3) is 2.33. The van der Waals surface area contributed by atoms with Crippen LogP contribution in [-0.2, 0) is 10.0 Å². The van der Waals surface area contributed by atoms with Crippen LogP contribution in [0.5, 0.6) is 0 Å². The number of anilines is 1. The van der Waals surface area contributed by atoms with Crippen LogP contribution in [0.15, 0.2) is 24.3 Å². The highest BCUT2D eigenvalue weighted by Gasteiger charge is 2.57. The molecule has 2 heterocycles. The first-order valence-corrected chi connectivity index (χ1v) is 8.66. The zero-order valence-electron chi connectivity index (χ0n) is 11.8. The maximum atomic E-state index is 13.5. The molecule has 3 rings (SSSR count). The summed E-state index contributed by atoms with van der Waals surface area (Å²) in [4.78, 5) is 0. The van der Waals surface area contributed by atoms with Gasteiger partial charge >= 0.3 is 0 Å². The fourth-order valence-corrected chi connectivity index (χ4v) is 5.72. The lowest BCUT2D eigenvalue weighted by Gasteiger charge is -2.45. The molecule has 2 aliphatic heterocycles. The van der Waals surface area contributed by atoms with E-state index in [9.17, 15) is 17.9 Å². The molecule has 5 nitrogen and oxygen atoms in total. The summed E-state index contributed by atoms with van der Waals surface area (Å²) in [6.45, 7) is 2.59. The van der Waals surface area contributed by atoms with Gasteiger partial charge in [-0.3, -0.25) is 4.31 Å². The number of sulfonamides is 1. The fourth-order valence-electron chi connectivity index (χ4n) is 3.59. The van der Waals surface area contributed by atoms with Gasteiger partial charge in [-0.2, -0.15) is 0 Å². The minimum absolute atomic E-state index is 0.0951. The molecule has 2 N–H and O–H groups in total. The molecule has 0 bridgehead atoms. The van der Waals surface area contributed by atoms with Crippen molar-refractivity contribution in [1.82, 2.24) is 5.32 Å². The van der Waals surface area contributed by atoms with Crippen LogP contribution in [0.2, 0.25) is 0 Å². The van der Waals surface area contributed by atoms with Gasteiger partial charge in [-0.05, 0) is 44.5 Å². The number of piperidine rings is 1. The van der Waals surface area contributed by atoms with Crippen molar-refractivity contribution < 1.29 is 17.9 Å². The first kappa shape index (κ1) is 14.7. The van der Waals surface area contributed by atoms with Gasteiger partial charge in [0.25, 0.3) is 0 Å². The van der Waals surface area contributed by atoms with Crippen LogP contribution in [0.3, 0.4) is 0 Å². The van der Waals surface area contributed by atoms with Crippen LogP contribution in [0.25, 0.3) is 0 Å². The van der Waals surface area contributed by atoms with Gasteiger partial charge in [0, 0.05) is 6.04 Å². The Morgan fingerprint density at radius 2 is 2.24 bits per heavy atom. The SMILES string of the molecule is C[C@H]1C[C@]2(CCN1)C(O)CS(=O)(=O)N2c1cccc(F)c1. The molecule has 1 unspecified atom stereocenters. The molecule has 1 aromatic carbocycles. The van der Waals surface area contributed by atoms with Crippen LogP contribution >= 0.6 is 0 Å². The highest BCUT2D eigenvalue weighted by molar-refractivity contribution is 7.93. The van der Waals surface area contributed by atoms with Crippen LogP contribution in [0, 0.1) is 5.82 Å². The quantitative estimate of drug-likeness (QED) is 0.806. The number of nitrogens with zero attached hydrogens (tertiary/aromatic N) is 1. The molecule has 0 aromatic heterocycles. The largest absolute Gasteiger partial charge is 0.389 e. The second-order valence-corrected chi connectivity index (χ2v) is 7.81. The zero-order chi connectivity index (χ0) is 15.3. The lowest BCUT2D eigenvalue weighted by molar-refractivity contribution is 0.0854. The number of hydrogen-bond donors (Lipinski definition) is 2.